The van der Waals surface area contributed by atoms with Gasteiger partial charge in [0.15, 0.2) is 0 Å². The molecule has 0 aromatic heterocycles. The molecule has 0 saturated heterocycles. The molecule has 0 amide bonds. The maximum atomic E-state index is 10.0. The van der Waals surface area contributed by atoms with E-state index in [9.17, 15) is 4.79 Å². The number of hydrogen-bond acceptors (Lipinski definition) is 1. The van der Waals surface area contributed by atoms with Gasteiger partial charge in [-0.15, -0.1) is 12.3 Å². The summed E-state index contributed by atoms with van der Waals surface area (Å²) < 4.78 is 0. The van der Waals surface area contributed by atoms with Crippen LogP contribution >= 0.6 is 0 Å². The molecule has 2 nitrogen and oxygen atoms in total. The highest BCUT2D eigenvalue weighted by Gasteiger charge is 2.04. The molecule has 0 aliphatic heterocycles. The average Bonchev–Trinajstić information content (AvgIpc) is 1.63. The zero-order chi connectivity index (χ0) is 7.28. The fourth-order valence-electron chi connectivity index (χ4n) is 0.571. The molecule has 0 fully saturated rings. The maximum absolute atomic E-state index is 10.0. The van der Waals surface area contributed by atoms with E-state index in [2.05, 4.69) is 5.92 Å². The van der Waals surface area contributed by atoms with E-state index < -0.39 is 5.97 Å². The minimum Gasteiger partial charge on any atom is -0.481 e. The van der Waals surface area contributed by atoms with E-state index in [0.29, 0.717) is 6.42 Å². The van der Waals surface area contributed by atoms with E-state index in [-0.39, 0.29) is 12.3 Å². The number of aliphatic carboxylic acids is 1. The summed E-state index contributed by atoms with van der Waals surface area (Å²) in [5.41, 5.74) is 0. The van der Waals surface area contributed by atoms with Gasteiger partial charge in [0.05, 0.1) is 0 Å². The van der Waals surface area contributed by atoms with Gasteiger partial charge in [-0.2, -0.15) is 0 Å². The largest absolute Gasteiger partial charge is 0.481 e. The van der Waals surface area contributed by atoms with Gasteiger partial charge in [-0.05, 0) is 5.92 Å². The van der Waals surface area contributed by atoms with Crippen molar-refractivity contribution in [3.63, 3.8) is 0 Å². The number of rotatable bonds is 3. The van der Waals surface area contributed by atoms with Crippen LogP contribution in [0.4, 0.5) is 0 Å². The third-order valence-corrected chi connectivity index (χ3v) is 0.989. The maximum Gasteiger partial charge on any atom is 0.303 e. The van der Waals surface area contributed by atoms with Crippen molar-refractivity contribution in [1.29, 1.82) is 0 Å². The van der Waals surface area contributed by atoms with Gasteiger partial charge in [0.2, 0.25) is 0 Å². The second-order valence-corrected chi connectivity index (χ2v) is 2.11. The summed E-state index contributed by atoms with van der Waals surface area (Å²) in [5, 5.41) is 8.24. The Morgan fingerprint density at radius 2 is 2.44 bits per heavy atom. The molecule has 1 N–H and O–H groups in total. The molecule has 0 rings (SSSR count). The molecule has 0 aromatic carbocycles. The highest BCUT2D eigenvalue weighted by Crippen LogP contribution is 2.04. The van der Waals surface area contributed by atoms with Crippen molar-refractivity contribution in [3.05, 3.63) is 0 Å². The number of carboxylic acids is 1. The van der Waals surface area contributed by atoms with Crippen LogP contribution in [0.15, 0.2) is 0 Å². The fourth-order valence-corrected chi connectivity index (χ4v) is 0.571. The van der Waals surface area contributed by atoms with Gasteiger partial charge >= 0.3 is 5.97 Å². The summed E-state index contributed by atoms with van der Waals surface area (Å²) in [6.07, 6.45) is 5.68. The molecular weight excluding hydrogens is 116 g/mol. The molecule has 0 saturated carbocycles. The van der Waals surface area contributed by atoms with E-state index >= 15 is 0 Å². The van der Waals surface area contributed by atoms with Crippen LogP contribution in [0.3, 0.4) is 0 Å². The van der Waals surface area contributed by atoms with Crippen molar-refractivity contribution < 1.29 is 9.90 Å². The van der Waals surface area contributed by atoms with Crippen LogP contribution < -0.4 is 0 Å². The Bertz CT molecular complexity index is 132. The minimum atomic E-state index is -0.780. The molecule has 0 heterocycles. The summed E-state index contributed by atoms with van der Waals surface area (Å²) >= 11 is 0. The summed E-state index contributed by atoms with van der Waals surface area (Å²) in [4.78, 5) is 10.0. The average molecular weight is 126 g/mol. The lowest BCUT2D eigenvalue weighted by Crippen LogP contribution is -2.02. The SMILES string of the molecule is C#CCC(C)CC(=O)O. The van der Waals surface area contributed by atoms with Crippen LogP contribution in [0.2, 0.25) is 0 Å². The first-order valence-corrected chi connectivity index (χ1v) is 2.82. The fraction of sp³-hybridized carbons (Fsp3) is 0.571. The molecule has 0 aliphatic carbocycles. The molecule has 0 aliphatic rings. The first-order chi connectivity index (χ1) is 4.16. The van der Waals surface area contributed by atoms with Crippen LogP contribution in [-0.2, 0) is 4.79 Å². The van der Waals surface area contributed by atoms with E-state index in [1.165, 1.54) is 0 Å². The molecule has 2 heteroatoms. The van der Waals surface area contributed by atoms with Crippen molar-refractivity contribution in [2.45, 2.75) is 19.8 Å². The van der Waals surface area contributed by atoms with Crippen LogP contribution in [0.1, 0.15) is 19.8 Å². The number of carboxylic acid groups (broad SMARTS) is 1. The molecule has 0 spiro atoms. The second kappa shape index (κ2) is 3.96. The van der Waals surface area contributed by atoms with Gasteiger partial charge in [0, 0.05) is 12.8 Å². The molecular formula is C7H10O2. The third-order valence-electron chi connectivity index (χ3n) is 0.989. The second-order valence-electron chi connectivity index (χ2n) is 2.11. The van der Waals surface area contributed by atoms with E-state index in [1.807, 2.05) is 6.92 Å². The first kappa shape index (κ1) is 8.03. The predicted molar refractivity (Wildman–Crippen MR) is 34.9 cm³/mol. The molecule has 9 heavy (non-hydrogen) atoms. The Labute approximate surface area is 54.9 Å². The van der Waals surface area contributed by atoms with Crippen molar-refractivity contribution >= 4 is 5.97 Å². The highest BCUT2D eigenvalue weighted by atomic mass is 16.4. The smallest absolute Gasteiger partial charge is 0.303 e. The van der Waals surface area contributed by atoms with Crippen molar-refractivity contribution in [2.75, 3.05) is 0 Å². The number of terminal acetylenes is 1. The van der Waals surface area contributed by atoms with Gasteiger partial charge in [0.25, 0.3) is 0 Å². The summed E-state index contributed by atoms with van der Waals surface area (Å²) in [6.45, 7) is 1.83. The quantitative estimate of drug-likeness (QED) is 0.575. The third kappa shape index (κ3) is 4.89. The van der Waals surface area contributed by atoms with Crippen molar-refractivity contribution in [1.82, 2.24) is 0 Å². The predicted octanol–water partition coefficient (Wildman–Crippen LogP) is 1.12. The van der Waals surface area contributed by atoms with Gasteiger partial charge in [-0.3, -0.25) is 4.79 Å². The Hall–Kier alpha value is -0.970. The molecule has 0 radical (unpaired) electrons. The summed E-state index contributed by atoms with van der Waals surface area (Å²) in [6, 6.07) is 0. The van der Waals surface area contributed by atoms with Crippen molar-refractivity contribution in [3.8, 4) is 12.3 Å². The highest BCUT2D eigenvalue weighted by molar-refractivity contribution is 5.66. The van der Waals surface area contributed by atoms with E-state index in [4.69, 9.17) is 11.5 Å². The summed E-state index contributed by atoms with van der Waals surface area (Å²) in [7, 11) is 0. The standard InChI is InChI=1S/C7H10O2/c1-3-4-6(2)5-7(8)9/h1,6H,4-5H2,2H3,(H,8,9). The van der Waals surface area contributed by atoms with E-state index in [0.717, 1.165) is 0 Å². The van der Waals surface area contributed by atoms with Gasteiger partial charge in [0.1, 0.15) is 0 Å². The lowest BCUT2D eigenvalue weighted by atomic mass is 10.1. The molecule has 50 valence electrons. The minimum absolute atomic E-state index is 0.104. The van der Waals surface area contributed by atoms with Gasteiger partial charge in [-0.25, -0.2) is 0 Å². The lowest BCUT2D eigenvalue weighted by Gasteiger charge is -2.00. The number of hydrogen-bond donors (Lipinski definition) is 1. The van der Waals surface area contributed by atoms with Gasteiger partial charge in [-0.1, -0.05) is 6.92 Å². The van der Waals surface area contributed by atoms with Crippen LogP contribution in [0, 0.1) is 18.3 Å². The molecule has 1 atom stereocenters. The first-order valence-electron chi connectivity index (χ1n) is 2.82. The topological polar surface area (TPSA) is 37.3 Å². The number of carbonyl (C=O) groups is 1. The molecule has 0 aromatic rings. The zero-order valence-electron chi connectivity index (χ0n) is 5.42. The summed E-state index contributed by atoms with van der Waals surface area (Å²) in [5.74, 6) is 1.73. The Morgan fingerprint density at radius 3 is 2.78 bits per heavy atom. The monoisotopic (exact) mass is 126 g/mol. The molecule has 1 unspecified atom stereocenters. The molecule has 0 bridgehead atoms. The Balaban J connectivity index is 3.40. The zero-order valence-corrected chi connectivity index (χ0v) is 5.42. The van der Waals surface area contributed by atoms with Crippen molar-refractivity contribution in [2.24, 2.45) is 5.92 Å². The van der Waals surface area contributed by atoms with E-state index in [1.54, 1.807) is 0 Å². The van der Waals surface area contributed by atoms with Crippen LogP contribution in [0.5, 0.6) is 0 Å². The van der Waals surface area contributed by atoms with Crippen LogP contribution in [-0.4, -0.2) is 11.1 Å². The normalized spacial score (nSPS) is 12.0. The lowest BCUT2D eigenvalue weighted by molar-refractivity contribution is -0.137. The van der Waals surface area contributed by atoms with Crippen LogP contribution in [0.25, 0.3) is 0 Å². The Morgan fingerprint density at radius 1 is 1.89 bits per heavy atom. The Kier molecular flexibility index (Phi) is 3.54. The van der Waals surface area contributed by atoms with Gasteiger partial charge < -0.3 is 5.11 Å².